The lowest BCUT2D eigenvalue weighted by atomic mass is 10.1. The summed E-state index contributed by atoms with van der Waals surface area (Å²) in [4.78, 5) is 20.7. The predicted molar refractivity (Wildman–Crippen MR) is 140 cm³/mol. The highest BCUT2D eigenvalue weighted by molar-refractivity contribution is 14.0. The van der Waals surface area contributed by atoms with Crippen molar-refractivity contribution in [2.75, 3.05) is 40.4 Å². The molecule has 2 N–H and O–H groups in total. The molecule has 1 aliphatic rings. The van der Waals surface area contributed by atoms with E-state index in [1.807, 2.05) is 6.07 Å². The standard InChI is InChI=1S/C23H32N4O3S.HI/c1-4-24-23(25-15-17-9-10-20(29-2)18(14-17)22(28)30-3)26-16-19(21-8-7-13-31-21)27-11-5-6-12-27;/h7-10,13-14,19H,4-6,11-12,15-16H2,1-3H3,(H2,24,25,26);1H. The summed E-state index contributed by atoms with van der Waals surface area (Å²) in [6.07, 6.45) is 2.52. The number of halogens is 1. The number of rotatable bonds is 9. The van der Waals surface area contributed by atoms with Gasteiger partial charge in [0.05, 0.1) is 26.8 Å². The van der Waals surface area contributed by atoms with E-state index in [0.29, 0.717) is 23.9 Å². The molecular formula is C23H33IN4O3S. The number of guanidine groups is 1. The van der Waals surface area contributed by atoms with Gasteiger partial charge in [0.1, 0.15) is 11.3 Å². The van der Waals surface area contributed by atoms with E-state index in [0.717, 1.165) is 37.7 Å². The minimum absolute atomic E-state index is 0. The Bertz CT molecular complexity index is 870. The van der Waals surface area contributed by atoms with Crippen molar-refractivity contribution in [3.8, 4) is 5.75 Å². The van der Waals surface area contributed by atoms with Crippen molar-refractivity contribution in [1.82, 2.24) is 15.5 Å². The maximum atomic E-state index is 12.0. The minimum Gasteiger partial charge on any atom is -0.496 e. The smallest absolute Gasteiger partial charge is 0.341 e. The molecule has 2 aromatic rings. The van der Waals surface area contributed by atoms with E-state index in [2.05, 4.69) is 40.0 Å². The van der Waals surface area contributed by atoms with Crippen molar-refractivity contribution in [3.63, 3.8) is 0 Å². The summed E-state index contributed by atoms with van der Waals surface area (Å²) in [6.45, 7) is 6.34. The minimum atomic E-state index is -0.419. The molecule has 0 spiro atoms. The third-order valence-electron chi connectivity index (χ3n) is 5.35. The molecule has 1 aliphatic heterocycles. The number of aliphatic imine (C=N–C) groups is 1. The number of hydrogen-bond acceptors (Lipinski definition) is 6. The first-order valence-electron chi connectivity index (χ1n) is 10.7. The summed E-state index contributed by atoms with van der Waals surface area (Å²) >= 11 is 1.81. The van der Waals surface area contributed by atoms with Gasteiger partial charge in [-0.15, -0.1) is 35.3 Å². The van der Waals surface area contributed by atoms with Crippen LogP contribution in [0.5, 0.6) is 5.75 Å². The largest absolute Gasteiger partial charge is 0.496 e. The van der Waals surface area contributed by atoms with Gasteiger partial charge < -0.3 is 20.1 Å². The Morgan fingerprint density at radius 3 is 2.62 bits per heavy atom. The van der Waals surface area contributed by atoms with E-state index < -0.39 is 5.97 Å². The molecule has 1 unspecified atom stereocenters. The van der Waals surface area contributed by atoms with Gasteiger partial charge in [0.25, 0.3) is 0 Å². The van der Waals surface area contributed by atoms with Crippen molar-refractivity contribution in [2.24, 2.45) is 4.99 Å². The Morgan fingerprint density at radius 1 is 1.22 bits per heavy atom. The molecule has 176 valence electrons. The number of esters is 1. The van der Waals surface area contributed by atoms with Crippen LogP contribution in [0.2, 0.25) is 0 Å². The van der Waals surface area contributed by atoms with E-state index in [1.165, 1.54) is 31.9 Å². The number of likely N-dealkylation sites (tertiary alicyclic amines) is 1. The molecule has 3 rings (SSSR count). The van der Waals surface area contributed by atoms with Crippen LogP contribution in [0.15, 0.2) is 40.7 Å². The summed E-state index contributed by atoms with van der Waals surface area (Å²) in [5.74, 6) is 0.838. The second-order valence-electron chi connectivity index (χ2n) is 7.38. The molecule has 7 nitrogen and oxygen atoms in total. The molecule has 0 amide bonds. The molecule has 2 heterocycles. The third kappa shape index (κ3) is 7.08. The average molecular weight is 573 g/mol. The predicted octanol–water partition coefficient (Wildman–Crippen LogP) is 4.05. The van der Waals surface area contributed by atoms with E-state index in [4.69, 9.17) is 14.5 Å². The monoisotopic (exact) mass is 572 g/mol. The number of benzene rings is 1. The van der Waals surface area contributed by atoms with E-state index >= 15 is 0 Å². The Hall–Kier alpha value is -1.85. The highest BCUT2D eigenvalue weighted by atomic mass is 127. The number of carbonyl (C=O) groups is 1. The molecule has 1 saturated heterocycles. The number of ether oxygens (including phenoxy) is 2. The molecule has 1 aromatic heterocycles. The van der Waals surface area contributed by atoms with Gasteiger partial charge in [-0.05, 0) is 62.0 Å². The van der Waals surface area contributed by atoms with Gasteiger partial charge in [0, 0.05) is 18.0 Å². The summed E-state index contributed by atoms with van der Waals surface area (Å²) in [7, 11) is 2.90. The number of methoxy groups -OCH3 is 2. The van der Waals surface area contributed by atoms with Crippen LogP contribution in [0.25, 0.3) is 0 Å². The van der Waals surface area contributed by atoms with Gasteiger partial charge in [-0.3, -0.25) is 4.90 Å². The molecule has 1 fully saturated rings. The lowest BCUT2D eigenvalue weighted by Crippen LogP contribution is -2.42. The lowest BCUT2D eigenvalue weighted by molar-refractivity contribution is 0.0597. The molecule has 9 heteroatoms. The SMILES string of the molecule is CCNC(=NCc1ccc(OC)c(C(=O)OC)c1)NCC(c1cccs1)N1CCCC1.I. The quantitative estimate of drug-likeness (QED) is 0.205. The van der Waals surface area contributed by atoms with Crippen LogP contribution >= 0.6 is 35.3 Å². The Morgan fingerprint density at radius 2 is 2.00 bits per heavy atom. The number of thiophene rings is 1. The van der Waals surface area contributed by atoms with Crippen LogP contribution in [0.4, 0.5) is 0 Å². The summed E-state index contributed by atoms with van der Waals surface area (Å²) in [5.41, 5.74) is 1.32. The van der Waals surface area contributed by atoms with E-state index in [1.54, 1.807) is 23.5 Å². The van der Waals surface area contributed by atoms with Crippen LogP contribution in [0.1, 0.15) is 46.6 Å². The Labute approximate surface area is 211 Å². The van der Waals surface area contributed by atoms with Gasteiger partial charge in [-0.1, -0.05) is 12.1 Å². The maximum Gasteiger partial charge on any atom is 0.341 e. The Kier molecular flexibility index (Phi) is 11.3. The molecule has 32 heavy (non-hydrogen) atoms. The fraction of sp³-hybridized carbons (Fsp3) is 0.478. The summed E-state index contributed by atoms with van der Waals surface area (Å²) in [5, 5.41) is 8.98. The van der Waals surface area contributed by atoms with Gasteiger partial charge in [-0.25, -0.2) is 9.79 Å². The number of carbonyl (C=O) groups excluding carboxylic acids is 1. The fourth-order valence-electron chi connectivity index (χ4n) is 3.77. The summed E-state index contributed by atoms with van der Waals surface area (Å²) in [6, 6.07) is 10.1. The van der Waals surface area contributed by atoms with Gasteiger partial charge in [-0.2, -0.15) is 0 Å². The molecule has 0 saturated carbocycles. The van der Waals surface area contributed by atoms with Crippen molar-refractivity contribution in [3.05, 3.63) is 51.7 Å². The molecule has 1 atom stereocenters. The first kappa shape index (κ1) is 26.4. The maximum absolute atomic E-state index is 12.0. The highest BCUT2D eigenvalue weighted by Crippen LogP contribution is 2.28. The number of nitrogens with one attached hydrogen (secondary N) is 2. The van der Waals surface area contributed by atoms with Crippen LogP contribution < -0.4 is 15.4 Å². The van der Waals surface area contributed by atoms with E-state index in [9.17, 15) is 4.79 Å². The first-order valence-corrected chi connectivity index (χ1v) is 11.6. The second kappa shape index (κ2) is 13.6. The van der Waals surface area contributed by atoms with Crippen molar-refractivity contribution >= 4 is 47.2 Å². The normalized spacial score (nSPS) is 15.0. The molecule has 1 aromatic carbocycles. The van der Waals surface area contributed by atoms with Crippen molar-refractivity contribution < 1.29 is 14.3 Å². The zero-order valence-corrected chi connectivity index (χ0v) is 22.1. The number of nitrogens with zero attached hydrogens (tertiary/aromatic N) is 2. The van der Waals surface area contributed by atoms with Crippen LogP contribution in [0, 0.1) is 0 Å². The van der Waals surface area contributed by atoms with Gasteiger partial charge in [0.15, 0.2) is 5.96 Å². The van der Waals surface area contributed by atoms with E-state index in [-0.39, 0.29) is 24.0 Å². The molecular weight excluding hydrogens is 539 g/mol. The third-order valence-corrected chi connectivity index (χ3v) is 6.32. The highest BCUT2D eigenvalue weighted by Gasteiger charge is 2.24. The summed E-state index contributed by atoms with van der Waals surface area (Å²) < 4.78 is 10.1. The van der Waals surface area contributed by atoms with Crippen LogP contribution in [-0.4, -0.2) is 57.2 Å². The molecule has 0 bridgehead atoms. The average Bonchev–Trinajstić information content (AvgIpc) is 3.52. The fourth-order valence-corrected chi connectivity index (χ4v) is 4.63. The van der Waals surface area contributed by atoms with Gasteiger partial charge in [0.2, 0.25) is 0 Å². The topological polar surface area (TPSA) is 75.2 Å². The molecule has 0 aliphatic carbocycles. The zero-order chi connectivity index (χ0) is 22.1. The zero-order valence-electron chi connectivity index (χ0n) is 18.9. The molecule has 0 radical (unpaired) electrons. The van der Waals surface area contributed by atoms with Crippen LogP contribution in [-0.2, 0) is 11.3 Å². The van der Waals surface area contributed by atoms with Crippen molar-refractivity contribution in [2.45, 2.75) is 32.4 Å². The number of hydrogen-bond donors (Lipinski definition) is 2. The first-order chi connectivity index (χ1) is 15.2. The van der Waals surface area contributed by atoms with Crippen molar-refractivity contribution in [1.29, 1.82) is 0 Å². The Balaban J connectivity index is 0.00000363. The van der Waals surface area contributed by atoms with Gasteiger partial charge >= 0.3 is 5.97 Å². The lowest BCUT2D eigenvalue weighted by Gasteiger charge is -2.27. The van der Waals surface area contributed by atoms with Crippen LogP contribution in [0.3, 0.4) is 0 Å². The second-order valence-corrected chi connectivity index (χ2v) is 8.36.